The summed E-state index contributed by atoms with van der Waals surface area (Å²) in [5.74, 6) is 0.354. The van der Waals surface area contributed by atoms with Crippen LogP contribution < -0.4 is 0 Å². The third kappa shape index (κ3) is 4.01. The lowest BCUT2D eigenvalue weighted by molar-refractivity contribution is 0.0543. The van der Waals surface area contributed by atoms with Crippen LogP contribution in [0.2, 0.25) is 0 Å². The molecule has 1 N–H and O–H groups in total. The average Bonchev–Trinajstić information content (AvgIpc) is 3.51. The Labute approximate surface area is 222 Å². The highest BCUT2D eigenvalue weighted by Gasteiger charge is 2.33. The van der Waals surface area contributed by atoms with Gasteiger partial charge in [-0.05, 0) is 70.2 Å². The molecule has 4 aromatic heterocycles. The minimum Gasteiger partial charge on any atom is -0.386 e. The number of aliphatic hydroxyl groups is 1. The van der Waals surface area contributed by atoms with E-state index in [-0.39, 0.29) is 6.04 Å². The minimum atomic E-state index is -0.969. The van der Waals surface area contributed by atoms with Gasteiger partial charge in [-0.3, -0.25) is 9.67 Å². The fourth-order valence-electron chi connectivity index (χ4n) is 6.09. The van der Waals surface area contributed by atoms with Crippen molar-refractivity contribution in [2.45, 2.75) is 52.2 Å². The quantitative estimate of drug-likeness (QED) is 0.370. The van der Waals surface area contributed by atoms with Gasteiger partial charge in [-0.15, -0.1) is 5.10 Å². The Morgan fingerprint density at radius 2 is 1.79 bits per heavy atom. The fraction of sp³-hybridized carbons (Fsp3) is 0.448. The van der Waals surface area contributed by atoms with E-state index in [0.29, 0.717) is 5.92 Å². The Morgan fingerprint density at radius 3 is 2.42 bits per heavy atom. The Kier molecular flexibility index (Phi) is 5.88. The van der Waals surface area contributed by atoms with Gasteiger partial charge in [0.2, 0.25) is 0 Å². The van der Waals surface area contributed by atoms with Gasteiger partial charge >= 0.3 is 0 Å². The summed E-state index contributed by atoms with van der Waals surface area (Å²) in [6.45, 7) is 9.16. The molecule has 6 rings (SSSR count). The van der Waals surface area contributed by atoms with E-state index in [2.05, 4.69) is 39.1 Å². The number of pyridine rings is 1. The molecule has 5 heterocycles. The molecule has 0 amide bonds. The zero-order chi connectivity index (χ0) is 26.8. The molecule has 9 heteroatoms. The zero-order valence-electron chi connectivity index (χ0n) is 22.9. The van der Waals surface area contributed by atoms with Crippen LogP contribution in [0.15, 0.2) is 36.5 Å². The van der Waals surface area contributed by atoms with E-state index in [1.54, 1.807) is 4.68 Å². The molecule has 5 aromatic rings. The number of benzene rings is 1. The summed E-state index contributed by atoms with van der Waals surface area (Å²) >= 11 is 0. The maximum atomic E-state index is 10.9. The smallest absolute Gasteiger partial charge is 0.0960 e. The molecule has 0 spiro atoms. The normalized spacial score (nSPS) is 16.1. The summed E-state index contributed by atoms with van der Waals surface area (Å²) < 4.78 is 12.0. The first-order chi connectivity index (χ1) is 18.1. The van der Waals surface area contributed by atoms with Crippen molar-refractivity contribution in [3.63, 3.8) is 0 Å². The lowest BCUT2D eigenvalue weighted by Gasteiger charge is -2.33. The molecule has 1 saturated heterocycles. The van der Waals surface area contributed by atoms with Crippen LogP contribution in [0.25, 0.3) is 33.2 Å². The summed E-state index contributed by atoms with van der Waals surface area (Å²) in [6, 6.07) is 10.7. The Bertz CT molecular complexity index is 1630. The van der Waals surface area contributed by atoms with E-state index in [1.807, 2.05) is 58.7 Å². The van der Waals surface area contributed by atoms with E-state index >= 15 is 0 Å². The molecule has 1 fully saturated rings. The van der Waals surface area contributed by atoms with Gasteiger partial charge in [-0.25, -0.2) is 4.68 Å². The first-order valence-electron chi connectivity index (χ1n) is 13.2. The first-order valence-corrected chi connectivity index (χ1v) is 13.2. The number of aromatic nitrogens is 7. The number of rotatable bonds is 5. The summed E-state index contributed by atoms with van der Waals surface area (Å²) in [5, 5.41) is 25.2. The minimum absolute atomic E-state index is 0.0185. The highest BCUT2D eigenvalue weighted by Crippen LogP contribution is 2.42. The number of fused-ring (bicyclic) bond motifs is 3. The number of nitrogens with zero attached hydrogens (tertiary/aromatic N) is 7. The third-order valence-electron chi connectivity index (χ3n) is 7.95. The van der Waals surface area contributed by atoms with Crippen molar-refractivity contribution < 1.29 is 9.84 Å². The van der Waals surface area contributed by atoms with Crippen LogP contribution in [0, 0.1) is 19.8 Å². The van der Waals surface area contributed by atoms with Crippen molar-refractivity contribution in [3.8, 4) is 11.3 Å². The van der Waals surface area contributed by atoms with Gasteiger partial charge in [0.05, 0.1) is 51.0 Å². The Balaban J connectivity index is 1.71. The summed E-state index contributed by atoms with van der Waals surface area (Å²) in [5.41, 5.74) is 7.88. The second-order valence-corrected chi connectivity index (χ2v) is 11.1. The lowest BCUT2D eigenvalue weighted by atomic mass is 9.88. The predicted octanol–water partition coefficient (Wildman–Crippen LogP) is 4.58. The number of ether oxygens (including phenoxy) is 1. The lowest BCUT2D eigenvalue weighted by Crippen LogP contribution is -2.28. The molecular weight excluding hydrogens is 478 g/mol. The van der Waals surface area contributed by atoms with Gasteiger partial charge in [0.25, 0.3) is 0 Å². The van der Waals surface area contributed by atoms with Crippen LogP contribution >= 0.6 is 0 Å². The average molecular weight is 514 g/mol. The summed E-state index contributed by atoms with van der Waals surface area (Å²) in [6.07, 6.45) is 3.83. The van der Waals surface area contributed by atoms with Crippen molar-refractivity contribution >= 4 is 21.9 Å². The van der Waals surface area contributed by atoms with Crippen LogP contribution in [-0.4, -0.2) is 52.6 Å². The molecule has 0 radical (unpaired) electrons. The monoisotopic (exact) mass is 513 g/mol. The second-order valence-electron chi connectivity index (χ2n) is 11.1. The predicted molar refractivity (Wildman–Crippen MR) is 147 cm³/mol. The molecule has 0 unspecified atom stereocenters. The number of aryl methyl sites for hydroxylation is 4. The summed E-state index contributed by atoms with van der Waals surface area (Å²) in [7, 11) is 3.94. The van der Waals surface area contributed by atoms with E-state index in [0.717, 1.165) is 81.9 Å². The summed E-state index contributed by atoms with van der Waals surface area (Å²) in [4.78, 5) is 5.01. The highest BCUT2D eigenvalue weighted by molar-refractivity contribution is 6.07. The van der Waals surface area contributed by atoms with E-state index in [4.69, 9.17) is 14.8 Å². The molecule has 38 heavy (non-hydrogen) atoms. The van der Waals surface area contributed by atoms with Gasteiger partial charge in [-0.2, -0.15) is 5.10 Å². The topological polar surface area (TPSA) is 95.8 Å². The van der Waals surface area contributed by atoms with E-state index < -0.39 is 5.60 Å². The maximum absolute atomic E-state index is 10.9. The van der Waals surface area contributed by atoms with E-state index in [1.165, 1.54) is 0 Å². The highest BCUT2D eigenvalue weighted by atomic mass is 16.5. The van der Waals surface area contributed by atoms with Crippen molar-refractivity contribution in [2.75, 3.05) is 13.2 Å². The molecule has 1 aliphatic rings. The van der Waals surface area contributed by atoms with Crippen LogP contribution in [0.3, 0.4) is 0 Å². The van der Waals surface area contributed by atoms with E-state index in [9.17, 15) is 5.11 Å². The van der Waals surface area contributed by atoms with Gasteiger partial charge in [0, 0.05) is 44.5 Å². The second kappa shape index (κ2) is 9.03. The van der Waals surface area contributed by atoms with Gasteiger partial charge in [-0.1, -0.05) is 17.3 Å². The van der Waals surface area contributed by atoms with Crippen molar-refractivity contribution in [2.24, 2.45) is 20.0 Å². The van der Waals surface area contributed by atoms with Gasteiger partial charge in [0.15, 0.2) is 0 Å². The van der Waals surface area contributed by atoms with Crippen molar-refractivity contribution in [1.82, 2.24) is 34.3 Å². The van der Waals surface area contributed by atoms with Gasteiger partial charge < -0.3 is 14.4 Å². The fourth-order valence-corrected chi connectivity index (χ4v) is 6.09. The first kappa shape index (κ1) is 24.8. The molecular formula is C29H35N7O2. The van der Waals surface area contributed by atoms with Crippen molar-refractivity contribution in [3.05, 3.63) is 59.2 Å². The SMILES string of the molecule is Cc1cc([C@@H](C2CCOCC2)n2c3cc(C(C)(C)O)ccc3c3ncc(-c4c(C)nnn4C)cc32)n(C)n1. The largest absolute Gasteiger partial charge is 0.386 e. The molecule has 0 aliphatic carbocycles. The van der Waals surface area contributed by atoms with Crippen molar-refractivity contribution in [1.29, 1.82) is 0 Å². The Morgan fingerprint density at radius 1 is 1.03 bits per heavy atom. The molecule has 1 atom stereocenters. The van der Waals surface area contributed by atoms with Crippen LogP contribution in [-0.2, 0) is 24.4 Å². The van der Waals surface area contributed by atoms with Crippen LogP contribution in [0.4, 0.5) is 0 Å². The Hall–Kier alpha value is -3.56. The number of hydrogen-bond acceptors (Lipinski definition) is 6. The van der Waals surface area contributed by atoms with Crippen LogP contribution in [0.5, 0.6) is 0 Å². The molecule has 0 saturated carbocycles. The molecule has 1 aliphatic heterocycles. The standard InChI is InChI=1S/C29H35N7O2/c1-17-13-25(34(5)32-17)28(19-9-11-38-12-10-19)36-23-15-21(29(3,4)37)7-8-22(23)26-24(36)14-20(16-30-26)27-18(2)31-33-35(27)6/h7-8,13-16,19,28,37H,9-12H2,1-6H3/t28-/m1/s1. The maximum Gasteiger partial charge on any atom is 0.0960 e. The van der Waals surface area contributed by atoms with Crippen LogP contribution in [0.1, 0.15) is 55.4 Å². The number of hydrogen-bond donors (Lipinski definition) is 1. The molecule has 0 bridgehead atoms. The molecule has 198 valence electrons. The molecule has 9 nitrogen and oxygen atoms in total. The van der Waals surface area contributed by atoms with Gasteiger partial charge in [0.1, 0.15) is 0 Å². The third-order valence-corrected chi connectivity index (χ3v) is 7.95. The zero-order valence-corrected chi connectivity index (χ0v) is 22.9. The molecule has 1 aromatic carbocycles.